The van der Waals surface area contributed by atoms with Crippen LogP contribution in [0.15, 0.2) is 18.3 Å². The molecule has 0 aromatic carbocycles. The first-order chi connectivity index (χ1) is 9.94. The van der Waals surface area contributed by atoms with Gasteiger partial charge in [0, 0.05) is 37.6 Å². The Balaban J connectivity index is 1.92. The van der Waals surface area contributed by atoms with Gasteiger partial charge in [-0.1, -0.05) is 19.3 Å². The summed E-state index contributed by atoms with van der Waals surface area (Å²) in [6.45, 7) is 8.56. The van der Waals surface area contributed by atoms with Crippen LogP contribution in [-0.2, 0) is 6.54 Å². The maximum absolute atomic E-state index is 4.48. The fraction of sp³-hybridized carbons (Fsp3) is 0.722. The van der Waals surface area contributed by atoms with E-state index >= 15 is 0 Å². The summed E-state index contributed by atoms with van der Waals surface area (Å²) in [5.41, 5.74) is 2.55. The van der Waals surface area contributed by atoms with E-state index in [9.17, 15) is 0 Å². The largest absolute Gasteiger partial charge is 0.374 e. The molecule has 1 aromatic heterocycles. The molecule has 1 heterocycles. The Morgan fingerprint density at radius 2 is 1.95 bits per heavy atom. The van der Waals surface area contributed by atoms with Gasteiger partial charge < -0.3 is 10.2 Å². The Hall–Kier alpha value is -1.09. The molecule has 0 radical (unpaired) electrons. The third-order valence-corrected chi connectivity index (χ3v) is 4.30. The van der Waals surface area contributed by atoms with E-state index in [-0.39, 0.29) is 5.54 Å². The summed E-state index contributed by atoms with van der Waals surface area (Å²) in [7, 11) is 2.21. The highest BCUT2D eigenvalue weighted by atomic mass is 15.1. The molecule has 1 fully saturated rings. The van der Waals surface area contributed by atoms with Crippen LogP contribution in [0.3, 0.4) is 0 Å². The zero-order valence-electron chi connectivity index (χ0n) is 14.2. The third-order valence-electron chi connectivity index (χ3n) is 4.30. The third kappa shape index (κ3) is 5.66. The van der Waals surface area contributed by atoms with Gasteiger partial charge in [-0.3, -0.25) is 4.98 Å². The van der Waals surface area contributed by atoms with Gasteiger partial charge in [-0.25, -0.2) is 0 Å². The number of nitrogens with zero attached hydrogens (tertiary/aromatic N) is 2. The minimum Gasteiger partial charge on any atom is -0.374 e. The number of aromatic nitrogens is 1. The minimum atomic E-state index is 0.131. The molecule has 3 nitrogen and oxygen atoms in total. The van der Waals surface area contributed by atoms with E-state index in [0.717, 1.165) is 18.2 Å². The standard InChI is InChI=1S/C18H31N3/c1-18(2,3)20-13-16-12-17(10-11-19-16)21(4)14-15-8-6-5-7-9-15/h10-12,15,20H,5-9,13-14H2,1-4H3. The maximum atomic E-state index is 4.48. The van der Waals surface area contributed by atoms with Crippen molar-refractivity contribution in [2.75, 3.05) is 18.5 Å². The van der Waals surface area contributed by atoms with Crippen molar-refractivity contribution in [1.29, 1.82) is 0 Å². The average molecular weight is 289 g/mol. The molecule has 1 N–H and O–H groups in total. The first-order valence-corrected chi connectivity index (χ1v) is 8.35. The van der Waals surface area contributed by atoms with Crippen molar-refractivity contribution in [3.05, 3.63) is 24.0 Å². The molecule has 0 saturated heterocycles. The number of pyridine rings is 1. The summed E-state index contributed by atoms with van der Waals surface area (Å²) in [6, 6.07) is 4.35. The molecule has 3 heteroatoms. The molecule has 0 amide bonds. The van der Waals surface area contributed by atoms with Gasteiger partial charge in [-0.15, -0.1) is 0 Å². The molecule has 1 saturated carbocycles. The van der Waals surface area contributed by atoms with Gasteiger partial charge in [0.2, 0.25) is 0 Å². The Labute approximate surface area is 130 Å². The quantitative estimate of drug-likeness (QED) is 0.888. The van der Waals surface area contributed by atoms with Crippen molar-refractivity contribution in [1.82, 2.24) is 10.3 Å². The summed E-state index contributed by atoms with van der Waals surface area (Å²) in [5, 5.41) is 3.50. The normalized spacial score (nSPS) is 17.0. The van der Waals surface area contributed by atoms with Crippen molar-refractivity contribution in [2.45, 2.75) is 65.0 Å². The van der Waals surface area contributed by atoms with Crippen LogP contribution in [-0.4, -0.2) is 24.1 Å². The second-order valence-corrected chi connectivity index (χ2v) is 7.49. The van der Waals surface area contributed by atoms with Gasteiger partial charge >= 0.3 is 0 Å². The van der Waals surface area contributed by atoms with Crippen molar-refractivity contribution < 1.29 is 0 Å². The molecule has 1 aromatic rings. The van der Waals surface area contributed by atoms with Crippen LogP contribution in [0.5, 0.6) is 0 Å². The van der Waals surface area contributed by atoms with E-state index < -0.39 is 0 Å². The smallest absolute Gasteiger partial charge is 0.0562 e. The molecule has 0 spiro atoms. The first kappa shape index (κ1) is 16.3. The second kappa shape index (κ2) is 7.26. The number of hydrogen-bond donors (Lipinski definition) is 1. The minimum absolute atomic E-state index is 0.131. The Bertz CT molecular complexity index is 430. The van der Waals surface area contributed by atoms with Crippen LogP contribution in [0.4, 0.5) is 5.69 Å². The Morgan fingerprint density at radius 3 is 2.62 bits per heavy atom. The van der Waals surface area contributed by atoms with Crippen LogP contribution in [0.2, 0.25) is 0 Å². The van der Waals surface area contributed by atoms with Crippen molar-refractivity contribution in [3.63, 3.8) is 0 Å². The molecule has 1 aliphatic rings. The predicted molar refractivity (Wildman–Crippen MR) is 90.7 cm³/mol. The van der Waals surface area contributed by atoms with Gasteiger partial charge in [0.05, 0.1) is 5.69 Å². The summed E-state index contributed by atoms with van der Waals surface area (Å²) < 4.78 is 0. The number of hydrogen-bond acceptors (Lipinski definition) is 3. The highest BCUT2D eigenvalue weighted by Gasteiger charge is 2.16. The van der Waals surface area contributed by atoms with Gasteiger partial charge in [0.1, 0.15) is 0 Å². The van der Waals surface area contributed by atoms with Crippen LogP contribution < -0.4 is 10.2 Å². The van der Waals surface area contributed by atoms with Gasteiger partial charge in [0.25, 0.3) is 0 Å². The summed E-state index contributed by atoms with van der Waals surface area (Å²) in [4.78, 5) is 6.88. The van der Waals surface area contributed by atoms with Gasteiger partial charge in [-0.2, -0.15) is 0 Å². The van der Waals surface area contributed by atoms with Crippen molar-refractivity contribution in [2.24, 2.45) is 5.92 Å². The highest BCUT2D eigenvalue weighted by Crippen LogP contribution is 2.25. The number of rotatable bonds is 5. The highest BCUT2D eigenvalue weighted by molar-refractivity contribution is 5.45. The number of nitrogens with one attached hydrogen (secondary N) is 1. The lowest BCUT2D eigenvalue weighted by Gasteiger charge is -2.28. The Morgan fingerprint density at radius 1 is 1.24 bits per heavy atom. The fourth-order valence-electron chi connectivity index (χ4n) is 3.02. The Kier molecular flexibility index (Phi) is 5.63. The fourth-order valence-corrected chi connectivity index (χ4v) is 3.02. The van der Waals surface area contributed by atoms with E-state index in [4.69, 9.17) is 0 Å². The van der Waals surface area contributed by atoms with Gasteiger partial charge in [0.15, 0.2) is 0 Å². The topological polar surface area (TPSA) is 28.2 Å². The van der Waals surface area contributed by atoms with Crippen LogP contribution in [0.1, 0.15) is 58.6 Å². The van der Waals surface area contributed by atoms with E-state index in [0.29, 0.717) is 0 Å². The molecule has 0 atom stereocenters. The SMILES string of the molecule is CN(CC1CCCCC1)c1ccnc(CNC(C)(C)C)c1. The molecule has 118 valence electrons. The average Bonchev–Trinajstić information content (AvgIpc) is 2.46. The summed E-state index contributed by atoms with van der Waals surface area (Å²) in [5.74, 6) is 0.869. The molecule has 1 aliphatic carbocycles. The lowest BCUT2D eigenvalue weighted by molar-refractivity contribution is 0.362. The lowest BCUT2D eigenvalue weighted by atomic mass is 9.89. The van der Waals surface area contributed by atoms with Crippen LogP contribution >= 0.6 is 0 Å². The zero-order chi connectivity index (χ0) is 15.3. The van der Waals surface area contributed by atoms with E-state index in [1.54, 1.807) is 0 Å². The first-order valence-electron chi connectivity index (χ1n) is 8.35. The maximum Gasteiger partial charge on any atom is 0.0562 e. The summed E-state index contributed by atoms with van der Waals surface area (Å²) >= 11 is 0. The molecule has 0 bridgehead atoms. The molecule has 0 aliphatic heterocycles. The molecule has 21 heavy (non-hydrogen) atoms. The van der Waals surface area contributed by atoms with Crippen LogP contribution in [0, 0.1) is 5.92 Å². The van der Waals surface area contributed by atoms with Crippen LogP contribution in [0.25, 0.3) is 0 Å². The molecule has 2 rings (SSSR count). The monoisotopic (exact) mass is 289 g/mol. The molecular formula is C18H31N3. The van der Waals surface area contributed by atoms with E-state index in [2.05, 4.69) is 55.2 Å². The zero-order valence-corrected chi connectivity index (χ0v) is 14.2. The van der Waals surface area contributed by atoms with Gasteiger partial charge in [-0.05, 0) is 51.7 Å². The van der Waals surface area contributed by atoms with Crippen molar-refractivity contribution >= 4 is 5.69 Å². The molecular weight excluding hydrogens is 258 g/mol. The summed E-state index contributed by atoms with van der Waals surface area (Å²) in [6.07, 6.45) is 8.98. The lowest BCUT2D eigenvalue weighted by Crippen LogP contribution is -2.35. The van der Waals surface area contributed by atoms with Crippen molar-refractivity contribution in [3.8, 4) is 0 Å². The van der Waals surface area contributed by atoms with E-state index in [1.165, 1.54) is 44.3 Å². The number of anilines is 1. The second-order valence-electron chi connectivity index (χ2n) is 7.49. The molecule has 0 unspecified atom stereocenters. The predicted octanol–water partition coefficient (Wildman–Crippen LogP) is 3.99. The van der Waals surface area contributed by atoms with E-state index in [1.807, 2.05) is 6.20 Å².